The van der Waals surface area contributed by atoms with E-state index < -0.39 is 0 Å². The number of imidazole rings is 1. The highest BCUT2D eigenvalue weighted by Crippen LogP contribution is 2.30. The maximum absolute atomic E-state index is 8.33. The molecular weight excluding hydrogens is 361 g/mol. The second-order valence-corrected chi connectivity index (χ2v) is 7.09. The van der Waals surface area contributed by atoms with E-state index in [-0.39, 0.29) is 0 Å². The number of nitrogens with one attached hydrogen (secondary N) is 2. The SMILES string of the molecule is N=C(c1ccc2nc(-c3ccc(Cl)cc3Cl)[nH]c2c1)c1cccs1. The second kappa shape index (κ2) is 6.06. The van der Waals surface area contributed by atoms with Gasteiger partial charge >= 0.3 is 0 Å². The van der Waals surface area contributed by atoms with Crippen molar-refractivity contribution in [2.75, 3.05) is 0 Å². The van der Waals surface area contributed by atoms with Crippen LogP contribution in [0.5, 0.6) is 0 Å². The normalized spacial score (nSPS) is 11.1. The molecule has 2 aromatic carbocycles. The summed E-state index contributed by atoms with van der Waals surface area (Å²) < 4.78 is 0. The van der Waals surface area contributed by atoms with E-state index in [1.54, 1.807) is 23.5 Å². The average molecular weight is 372 g/mol. The van der Waals surface area contributed by atoms with Gasteiger partial charge in [0.2, 0.25) is 0 Å². The Morgan fingerprint density at radius 3 is 2.71 bits per heavy atom. The number of hydrogen-bond donors (Lipinski definition) is 2. The summed E-state index contributed by atoms with van der Waals surface area (Å²) in [6.45, 7) is 0. The van der Waals surface area contributed by atoms with Gasteiger partial charge in [0, 0.05) is 16.1 Å². The van der Waals surface area contributed by atoms with Gasteiger partial charge < -0.3 is 4.98 Å². The van der Waals surface area contributed by atoms with Gasteiger partial charge in [-0.25, -0.2) is 4.98 Å². The summed E-state index contributed by atoms with van der Waals surface area (Å²) >= 11 is 13.8. The van der Waals surface area contributed by atoms with Crippen LogP contribution in [-0.2, 0) is 0 Å². The predicted molar refractivity (Wildman–Crippen MR) is 102 cm³/mol. The monoisotopic (exact) mass is 371 g/mol. The summed E-state index contributed by atoms with van der Waals surface area (Å²) in [5, 5.41) is 11.4. The van der Waals surface area contributed by atoms with E-state index in [2.05, 4.69) is 9.97 Å². The number of nitrogens with zero attached hydrogens (tertiary/aromatic N) is 1. The van der Waals surface area contributed by atoms with Gasteiger partial charge in [0.25, 0.3) is 0 Å². The third kappa shape index (κ3) is 2.73. The van der Waals surface area contributed by atoms with Gasteiger partial charge in [-0.3, -0.25) is 5.41 Å². The molecule has 6 heteroatoms. The number of benzene rings is 2. The second-order valence-electron chi connectivity index (χ2n) is 5.29. The highest BCUT2D eigenvalue weighted by Gasteiger charge is 2.12. The molecular formula is C18H11Cl2N3S. The van der Waals surface area contributed by atoms with E-state index >= 15 is 0 Å². The largest absolute Gasteiger partial charge is 0.338 e. The zero-order valence-corrected chi connectivity index (χ0v) is 14.6. The van der Waals surface area contributed by atoms with E-state index in [1.165, 1.54) is 0 Å². The molecule has 0 unspecified atom stereocenters. The van der Waals surface area contributed by atoms with Crippen LogP contribution in [0.4, 0.5) is 0 Å². The smallest absolute Gasteiger partial charge is 0.139 e. The highest BCUT2D eigenvalue weighted by atomic mass is 35.5. The minimum Gasteiger partial charge on any atom is -0.338 e. The van der Waals surface area contributed by atoms with E-state index in [0.717, 1.165) is 27.0 Å². The van der Waals surface area contributed by atoms with Crippen molar-refractivity contribution in [1.82, 2.24) is 9.97 Å². The Labute approximate surface area is 152 Å². The molecule has 0 radical (unpaired) electrons. The zero-order chi connectivity index (χ0) is 16.7. The van der Waals surface area contributed by atoms with Crippen LogP contribution in [0.25, 0.3) is 22.4 Å². The van der Waals surface area contributed by atoms with Crippen LogP contribution in [-0.4, -0.2) is 15.7 Å². The standard InChI is InChI=1S/C18H11Cl2N3S/c19-11-4-5-12(13(20)9-11)18-22-14-6-3-10(8-15(14)23-18)17(21)16-2-1-7-24-16/h1-9,21H,(H,22,23). The molecule has 2 heterocycles. The fourth-order valence-electron chi connectivity index (χ4n) is 2.54. The number of aromatic nitrogens is 2. The van der Waals surface area contributed by atoms with Crippen molar-refractivity contribution in [3.05, 3.63) is 74.4 Å². The van der Waals surface area contributed by atoms with Crippen LogP contribution < -0.4 is 0 Å². The van der Waals surface area contributed by atoms with Crippen LogP contribution in [0.15, 0.2) is 53.9 Å². The summed E-state index contributed by atoms with van der Waals surface area (Å²) in [6, 6.07) is 15.0. The molecule has 24 heavy (non-hydrogen) atoms. The number of thiophene rings is 1. The number of rotatable bonds is 3. The van der Waals surface area contributed by atoms with Crippen LogP contribution >= 0.6 is 34.5 Å². The summed E-state index contributed by atoms with van der Waals surface area (Å²) in [7, 11) is 0. The lowest BCUT2D eigenvalue weighted by Gasteiger charge is -2.01. The zero-order valence-electron chi connectivity index (χ0n) is 12.3. The Morgan fingerprint density at radius 1 is 1.08 bits per heavy atom. The molecule has 0 bridgehead atoms. The Hall–Kier alpha value is -2.14. The van der Waals surface area contributed by atoms with Gasteiger partial charge in [-0.15, -0.1) is 11.3 Å². The predicted octanol–water partition coefficient (Wildman–Crippen LogP) is 6.01. The number of hydrogen-bond acceptors (Lipinski definition) is 3. The molecule has 0 fully saturated rings. The van der Waals surface area contributed by atoms with Crippen molar-refractivity contribution in [3.8, 4) is 11.4 Å². The lowest BCUT2D eigenvalue weighted by atomic mass is 10.1. The van der Waals surface area contributed by atoms with Crippen molar-refractivity contribution in [2.24, 2.45) is 0 Å². The lowest BCUT2D eigenvalue weighted by Crippen LogP contribution is -1.97. The van der Waals surface area contributed by atoms with Crippen LogP contribution in [0.3, 0.4) is 0 Å². The van der Waals surface area contributed by atoms with Crippen LogP contribution in [0.1, 0.15) is 10.4 Å². The van der Waals surface area contributed by atoms with Crippen LogP contribution in [0.2, 0.25) is 10.0 Å². The molecule has 0 aliphatic carbocycles. The molecule has 118 valence electrons. The number of fused-ring (bicyclic) bond motifs is 1. The lowest BCUT2D eigenvalue weighted by molar-refractivity contribution is 1.34. The van der Waals surface area contributed by atoms with Crippen molar-refractivity contribution >= 4 is 51.3 Å². The molecule has 0 saturated carbocycles. The molecule has 2 N–H and O–H groups in total. The Bertz CT molecular complexity index is 1050. The topological polar surface area (TPSA) is 52.5 Å². The number of H-pyrrole nitrogens is 1. The molecule has 2 aromatic heterocycles. The van der Waals surface area contributed by atoms with Crippen molar-refractivity contribution in [2.45, 2.75) is 0 Å². The molecule has 0 aliphatic rings. The van der Waals surface area contributed by atoms with Crippen molar-refractivity contribution < 1.29 is 0 Å². The molecule has 3 nitrogen and oxygen atoms in total. The van der Waals surface area contributed by atoms with Gasteiger partial charge in [0.15, 0.2) is 0 Å². The van der Waals surface area contributed by atoms with Crippen LogP contribution in [0, 0.1) is 5.41 Å². The van der Waals surface area contributed by atoms with E-state index in [0.29, 0.717) is 21.6 Å². The molecule has 0 atom stereocenters. The third-order valence-electron chi connectivity index (χ3n) is 3.72. The third-order valence-corrected chi connectivity index (χ3v) is 5.16. The van der Waals surface area contributed by atoms with E-state index in [4.69, 9.17) is 28.6 Å². The van der Waals surface area contributed by atoms with Gasteiger partial charge in [0.05, 0.1) is 26.6 Å². The molecule has 0 saturated heterocycles. The maximum atomic E-state index is 8.33. The van der Waals surface area contributed by atoms with Gasteiger partial charge in [-0.2, -0.15) is 0 Å². The summed E-state index contributed by atoms with van der Waals surface area (Å²) in [6.07, 6.45) is 0. The summed E-state index contributed by atoms with van der Waals surface area (Å²) in [5.74, 6) is 0.687. The minimum absolute atomic E-state index is 0.507. The quantitative estimate of drug-likeness (QED) is 0.425. The average Bonchev–Trinajstić information content (AvgIpc) is 3.23. The Morgan fingerprint density at radius 2 is 1.96 bits per heavy atom. The van der Waals surface area contributed by atoms with Crippen molar-refractivity contribution in [3.63, 3.8) is 0 Å². The van der Waals surface area contributed by atoms with E-state index in [9.17, 15) is 0 Å². The molecule has 0 amide bonds. The number of aromatic amines is 1. The van der Waals surface area contributed by atoms with Crippen molar-refractivity contribution in [1.29, 1.82) is 5.41 Å². The summed E-state index contributed by atoms with van der Waals surface area (Å²) in [5.41, 5.74) is 3.86. The highest BCUT2D eigenvalue weighted by molar-refractivity contribution is 7.12. The summed E-state index contributed by atoms with van der Waals surface area (Å²) in [4.78, 5) is 8.81. The molecule has 4 aromatic rings. The van der Waals surface area contributed by atoms with Gasteiger partial charge in [-0.05, 0) is 41.8 Å². The fraction of sp³-hybridized carbons (Fsp3) is 0. The first-order valence-corrected chi connectivity index (χ1v) is 8.83. The minimum atomic E-state index is 0.507. The van der Waals surface area contributed by atoms with E-state index in [1.807, 2.05) is 41.8 Å². The first kappa shape index (κ1) is 15.4. The molecule has 0 aliphatic heterocycles. The Balaban J connectivity index is 1.77. The first-order valence-electron chi connectivity index (χ1n) is 7.20. The molecule has 4 rings (SSSR count). The number of halogens is 2. The molecule has 0 spiro atoms. The maximum Gasteiger partial charge on any atom is 0.139 e. The first-order chi connectivity index (χ1) is 11.6. The van der Waals surface area contributed by atoms with Gasteiger partial charge in [-0.1, -0.05) is 35.3 Å². The van der Waals surface area contributed by atoms with Gasteiger partial charge in [0.1, 0.15) is 5.82 Å². The Kier molecular flexibility index (Phi) is 3.88. The fourth-order valence-corrected chi connectivity index (χ4v) is 3.73.